The Morgan fingerprint density at radius 2 is 1.57 bits per heavy atom. The molecule has 3 fully saturated rings. The third kappa shape index (κ3) is 4.01. The highest BCUT2D eigenvalue weighted by atomic mass is 15.2. The second-order valence-electron chi connectivity index (χ2n) is 9.31. The summed E-state index contributed by atoms with van der Waals surface area (Å²) in [6.07, 6.45) is 11.8. The summed E-state index contributed by atoms with van der Waals surface area (Å²) in [4.78, 5) is 2.84. The van der Waals surface area contributed by atoms with Crippen molar-refractivity contribution in [3.8, 4) is 0 Å². The Kier molecular flexibility index (Phi) is 4.66. The van der Waals surface area contributed by atoms with E-state index in [-0.39, 0.29) is 5.54 Å². The van der Waals surface area contributed by atoms with Gasteiger partial charge in [-0.05, 0) is 63.7 Å². The van der Waals surface area contributed by atoms with Crippen molar-refractivity contribution in [1.29, 1.82) is 0 Å². The van der Waals surface area contributed by atoms with Crippen LogP contribution in [0.3, 0.4) is 0 Å². The van der Waals surface area contributed by atoms with Gasteiger partial charge < -0.3 is 10.2 Å². The number of hydrogen-bond acceptors (Lipinski definition) is 2. The van der Waals surface area contributed by atoms with Gasteiger partial charge in [0.25, 0.3) is 0 Å². The van der Waals surface area contributed by atoms with Crippen molar-refractivity contribution in [1.82, 2.24) is 10.2 Å². The van der Waals surface area contributed by atoms with Gasteiger partial charge in [0.1, 0.15) is 0 Å². The molecule has 1 aliphatic heterocycles. The fourth-order valence-electron chi connectivity index (χ4n) is 5.08. The molecule has 0 aromatic carbocycles. The van der Waals surface area contributed by atoms with Crippen LogP contribution in [0.2, 0.25) is 0 Å². The summed E-state index contributed by atoms with van der Waals surface area (Å²) in [6, 6.07) is 0. The van der Waals surface area contributed by atoms with Crippen molar-refractivity contribution in [2.45, 2.75) is 77.7 Å². The molecule has 2 saturated carbocycles. The molecule has 0 spiro atoms. The minimum atomic E-state index is 0.256. The first-order valence-electron chi connectivity index (χ1n) is 9.43. The minimum Gasteiger partial charge on any atom is -0.311 e. The lowest BCUT2D eigenvalue weighted by Crippen LogP contribution is -2.49. The number of likely N-dealkylation sites (tertiary alicyclic amines) is 1. The van der Waals surface area contributed by atoms with Gasteiger partial charge in [0.2, 0.25) is 0 Å². The van der Waals surface area contributed by atoms with E-state index < -0.39 is 0 Å². The van der Waals surface area contributed by atoms with Crippen LogP contribution >= 0.6 is 0 Å². The molecule has 0 aromatic heterocycles. The quantitative estimate of drug-likeness (QED) is 0.840. The molecule has 0 bridgehead atoms. The molecule has 1 heterocycles. The Hall–Kier alpha value is -0.0800. The topological polar surface area (TPSA) is 15.3 Å². The predicted molar refractivity (Wildman–Crippen MR) is 90.5 cm³/mol. The van der Waals surface area contributed by atoms with E-state index in [0.29, 0.717) is 5.41 Å². The molecule has 0 amide bonds. The Bertz CT molecular complexity index is 326. The molecular weight excluding hydrogens is 256 g/mol. The molecule has 122 valence electrons. The summed E-state index contributed by atoms with van der Waals surface area (Å²) >= 11 is 0. The van der Waals surface area contributed by atoms with Crippen LogP contribution in [0, 0.1) is 17.3 Å². The van der Waals surface area contributed by atoms with E-state index in [1.54, 1.807) is 0 Å². The Labute approximate surface area is 132 Å². The van der Waals surface area contributed by atoms with E-state index >= 15 is 0 Å². The zero-order chi connectivity index (χ0) is 14.9. The maximum absolute atomic E-state index is 3.83. The van der Waals surface area contributed by atoms with Crippen molar-refractivity contribution in [3.63, 3.8) is 0 Å². The number of nitrogens with zero attached hydrogens (tertiary/aromatic N) is 1. The van der Waals surface area contributed by atoms with E-state index in [0.717, 1.165) is 11.8 Å². The molecular formula is C19H36N2. The van der Waals surface area contributed by atoms with Gasteiger partial charge in [-0.2, -0.15) is 0 Å². The summed E-state index contributed by atoms with van der Waals surface area (Å²) in [6.45, 7) is 12.3. The Morgan fingerprint density at radius 1 is 0.952 bits per heavy atom. The van der Waals surface area contributed by atoms with Crippen molar-refractivity contribution in [2.24, 2.45) is 17.3 Å². The van der Waals surface area contributed by atoms with E-state index in [9.17, 15) is 0 Å². The molecule has 2 heteroatoms. The molecule has 1 saturated heterocycles. The lowest BCUT2D eigenvalue weighted by molar-refractivity contribution is 0.103. The Balaban J connectivity index is 1.59. The van der Waals surface area contributed by atoms with Gasteiger partial charge in [0, 0.05) is 31.7 Å². The fourth-order valence-corrected chi connectivity index (χ4v) is 5.08. The SMILES string of the molecule is CC(C)(C)NCC1(CN2CC3CCCC3C2)CCCCC1. The molecule has 2 unspecified atom stereocenters. The summed E-state index contributed by atoms with van der Waals surface area (Å²) in [7, 11) is 0. The predicted octanol–water partition coefficient (Wildman–Crippen LogP) is 4.06. The smallest absolute Gasteiger partial charge is 0.00967 e. The standard InChI is InChI=1S/C19H36N2/c1-18(2,3)20-14-19(10-5-4-6-11-19)15-21-12-16-8-7-9-17(16)13-21/h16-17,20H,4-15H2,1-3H3. The largest absolute Gasteiger partial charge is 0.311 e. The van der Waals surface area contributed by atoms with Crippen molar-refractivity contribution in [3.05, 3.63) is 0 Å². The van der Waals surface area contributed by atoms with Gasteiger partial charge in [-0.1, -0.05) is 25.7 Å². The van der Waals surface area contributed by atoms with Crippen LogP contribution in [-0.4, -0.2) is 36.6 Å². The average Bonchev–Trinajstić information content (AvgIpc) is 2.98. The third-order valence-electron chi connectivity index (χ3n) is 6.27. The zero-order valence-corrected chi connectivity index (χ0v) is 14.6. The summed E-state index contributed by atoms with van der Waals surface area (Å²) in [5, 5.41) is 3.83. The van der Waals surface area contributed by atoms with Crippen molar-refractivity contribution < 1.29 is 0 Å². The highest BCUT2D eigenvalue weighted by molar-refractivity contribution is 4.94. The van der Waals surface area contributed by atoms with Crippen LogP contribution in [0.25, 0.3) is 0 Å². The highest BCUT2D eigenvalue weighted by Gasteiger charge is 2.40. The first-order chi connectivity index (χ1) is 9.96. The number of hydrogen-bond donors (Lipinski definition) is 1. The first-order valence-corrected chi connectivity index (χ1v) is 9.43. The highest BCUT2D eigenvalue weighted by Crippen LogP contribution is 2.42. The zero-order valence-electron chi connectivity index (χ0n) is 14.6. The molecule has 21 heavy (non-hydrogen) atoms. The number of rotatable bonds is 4. The third-order valence-corrected chi connectivity index (χ3v) is 6.27. The van der Waals surface area contributed by atoms with Crippen LogP contribution in [0.5, 0.6) is 0 Å². The normalized spacial score (nSPS) is 33.3. The first kappa shape index (κ1) is 15.8. The van der Waals surface area contributed by atoms with Gasteiger partial charge in [0.05, 0.1) is 0 Å². The number of fused-ring (bicyclic) bond motifs is 1. The van der Waals surface area contributed by atoms with Crippen LogP contribution in [0.15, 0.2) is 0 Å². The average molecular weight is 293 g/mol. The van der Waals surface area contributed by atoms with Crippen molar-refractivity contribution >= 4 is 0 Å². The molecule has 3 aliphatic rings. The van der Waals surface area contributed by atoms with Crippen molar-refractivity contribution in [2.75, 3.05) is 26.2 Å². The second kappa shape index (κ2) is 6.20. The van der Waals surface area contributed by atoms with E-state index in [2.05, 4.69) is 31.0 Å². The molecule has 2 aliphatic carbocycles. The monoisotopic (exact) mass is 292 g/mol. The van der Waals surface area contributed by atoms with E-state index in [1.807, 2.05) is 0 Å². The second-order valence-corrected chi connectivity index (χ2v) is 9.31. The van der Waals surface area contributed by atoms with Gasteiger partial charge in [-0.25, -0.2) is 0 Å². The minimum absolute atomic E-state index is 0.256. The fraction of sp³-hybridized carbons (Fsp3) is 1.00. The van der Waals surface area contributed by atoms with Crippen LogP contribution < -0.4 is 5.32 Å². The molecule has 3 rings (SSSR count). The van der Waals surface area contributed by atoms with Gasteiger partial charge >= 0.3 is 0 Å². The maximum atomic E-state index is 3.83. The van der Waals surface area contributed by atoms with E-state index in [1.165, 1.54) is 77.5 Å². The van der Waals surface area contributed by atoms with Gasteiger partial charge in [-0.3, -0.25) is 0 Å². The molecule has 1 N–H and O–H groups in total. The summed E-state index contributed by atoms with van der Waals surface area (Å²) in [5.74, 6) is 2.09. The van der Waals surface area contributed by atoms with Crippen LogP contribution in [-0.2, 0) is 0 Å². The Morgan fingerprint density at radius 3 is 2.14 bits per heavy atom. The summed E-state index contributed by atoms with van der Waals surface area (Å²) in [5.41, 5.74) is 0.816. The molecule has 2 nitrogen and oxygen atoms in total. The lowest BCUT2D eigenvalue weighted by atomic mass is 9.73. The number of nitrogens with one attached hydrogen (secondary N) is 1. The van der Waals surface area contributed by atoms with Crippen LogP contribution in [0.4, 0.5) is 0 Å². The summed E-state index contributed by atoms with van der Waals surface area (Å²) < 4.78 is 0. The van der Waals surface area contributed by atoms with Crippen LogP contribution in [0.1, 0.15) is 72.1 Å². The lowest BCUT2D eigenvalue weighted by Gasteiger charge is -2.42. The molecule has 0 radical (unpaired) electrons. The maximum Gasteiger partial charge on any atom is 0.00967 e. The van der Waals surface area contributed by atoms with Gasteiger partial charge in [-0.15, -0.1) is 0 Å². The van der Waals surface area contributed by atoms with E-state index in [4.69, 9.17) is 0 Å². The molecule has 0 aromatic rings. The van der Waals surface area contributed by atoms with Gasteiger partial charge in [0.15, 0.2) is 0 Å². The molecule has 2 atom stereocenters.